The lowest BCUT2D eigenvalue weighted by molar-refractivity contribution is -0.384. The van der Waals surface area contributed by atoms with Crippen LogP contribution in [0.5, 0.6) is 0 Å². The first kappa shape index (κ1) is 18.5. The van der Waals surface area contributed by atoms with Gasteiger partial charge in [0, 0.05) is 17.0 Å². The second kappa shape index (κ2) is 7.91. The highest BCUT2D eigenvalue weighted by molar-refractivity contribution is 8.00. The summed E-state index contributed by atoms with van der Waals surface area (Å²) in [6.07, 6.45) is 2.28. The second-order valence-corrected chi connectivity index (χ2v) is 8.16. The number of nitro groups is 1. The van der Waals surface area contributed by atoms with Crippen molar-refractivity contribution in [3.8, 4) is 0 Å². The molecule has 2 unspecified atom stereocenters. The van der Waals surface area contributed by atoms with E-state index in [9.17, 15) is 14.9 Å². The van der Waals surface area contributed by atoms with Crippen molar-refractivity contribution in [3.63, 3.8) is 0 Å². The van der Waals surface area contributed by atoms with E-state index in [0.717, 1.165) is 23.3 Å². The highest BCUT2D eigenvalue weighted by Gasteiger charge is 2.34. The van der Waals surface area contributed by atoms with Crippen molar-refractivity contribution in [1.29, 1.82) is 0 Å². The molecule has 1 amide bonds. The van der Waals surface area contributed by atoms with Crippen LogP contribution in [0.3, 0.4) is 0 Å². The Morgan fingerprint density at radius 3 is 2.31 bits per heavy atom. The van der Waals surface area contributed by atoms with Crippen LogP contribution < -0.4 is 5.32 Å². The Balaban J connectivity index is 1.63. The van der Waals surface area contributed by atoms with Gasteiger partial charge in [-0.2, -0.15) is 0 Å². The van der Waals surface area contributed by atoms with E-state index in [1.54, 1.807) is 12.1 Å². The van der Waals surface area contributed by atoms with Crippen LogP contribution in [-0.4, -0.2) is 16.1 Å². The van der Waals surface area contributed by atoms with Gasteiger partial charge in [0.1, 0.15) is 0 Å². The normalized spacial score (nSPS) is 15.9. The highest BCUT2D eigenvalue weighted by Crippen LogP contribution is 2.41. The molecule has 1 N–H and O–H groups in total. The summed E-state index contributed by atoms with van der Waals surface area (Å²) in [6.45, 7) is 3.91. The van der Waals surface area contributed by atoms with Gasteiger partial charge in [-0.05, 0) is 50.3 Å². The number of rotatable bonds is 7. The summed E-state index contributed by atoms with van der Waals surface area (Å²) in [5.41, 5.74) is 2.41. The molecule has 0 bridgehead atoms. The van der Waals surface area contributed by atoms with E-state index in [4.69, 9.17) is 0 Å². The Bertz CT molecular complexity index is 786. The maximum Gasteiger partial charge on any atom is 0.269 e. The average Bonchev–Trinajstić information content (AvgIpc) is 3.45. The molecule has 0 spiro atoms. The van der Waals surface area contributed by atoms with Gasteiger partial charge < -0.3 is 5.32 Å². The molecular formula is C20H22N2O3S. The first-order valence-corrected chi connectivity index (χ1v) is 9.60. The minimum atomic E-state index is -0.424. The van der Waals surface area contributed by atoms with E-state index in [0.29, 0.717) is 5.92 Å². The van der Waals surface area contributed by atoms with E-state index in [2.05, 4.69) is 36.5 Å². The van der Waals surface area contributed by atoms with Crippen molar-refractivity contribution in [1.82, 2.24) is 5.32 Å². The second-order valence-electron chi connectivity index (χ2n) is 6.75. The lowest BCUT2D eigenvalue weighted by Crippen LogP contribution is -2.35. The summed E-state index contributed by atoms with van der Waals surface area (Å²) in [6, 6.07) is 14.7. The Hall–Kier alpha value is -2.34. The Morgan fingerprint density at radius 1 is 1.15 bits per heavy atom. The molecule has 6 heteroatoms. The van der Waals surface area contributed by atoms with Gasteiger partial charge in [0.05, 0.1) is 16.2 Å². The fourth-order valence-electron chi connectivity index (χ4n) is 2.85. The lowest BCUT2D eigenvalue weighted by Gasteiger charge is -2.21. The molecule has 0 aromatic heterocycles. The van der Waals surface area contributed by atoms with Crippen molar-refractivity contribution in [2.24, 2.45) is 5.92 Å². The van der Waals surface area contributed by atoms with Crippen molar-refractivity contribution in [3.05, 3.63) is 69.8 Å². The molecule has 2 aromatic rings. The van der Waals surface area contributed by atoms with Crippen LogP contribution in [0.4, 0.5) is 5.69 Å². The van der Waals surface area contributed by atoms with Gasteiger partial charge in [-0.25, -0.2) is 0 Å². The van der Waals surface area contributed by atoms with E-state index >= 15 is 0 Å². The monoisotopic (exact) mass is 370 g/mol. The van der Waals surface area contributed by atoms with Gasteiger partial charge in [-0.15, -0.1) is 11.8 Å². The minimum absolute atomic E-state index is 0.00849. The number of nitrogens with one attached hydrogen (secondary N) is 1. The highest BCUT2D eigenvalue weighted by atomic mass is 32.2. The molecule has 0 aliphatic heterocycles. The minimum Gasteiger partial charge on any atom is -0.348 e. The smallest absolute Gasteiger partial charge is 0.269 e. The van der Waals surface area contributed by atoms with E-state index < -0.39 is 4.92 Å². The van der Waals surface area contributed by atoms with Crippen LogP contribution in [-0.2, 0) is 4.79 Å². The number of hydrogen-bond acceptors (Lipinski definition) is 4. The van der Waals surface area contributed by atoms with Crippen LogP contribution in [0.15, 0.2) is 53.4 Å². The summed E-state index contributed by atoms with van der Waals surface area (Å²) < 4.78 is 0. The standard InChI is InChI=1S/C20H22N2O3S/c1-13-3-5-15(6-4-13)19(16-7-8-16)21-20(23)14(2)26-18-11-9-17(10-12-18)22(24)25/h3-6,9-12,14,16,19H,7-8H2,1-2H3,(H,21,23). The van der Waals surface area contributed by atoms with Crippen LogP contribution in [0.1, 0.15) is 36.9 Å². The number of nitro benzene ring substituents is 1. The van der Waals surface area contributed by atoms with Crippen LogP contribution in [0.2, 0.25) is 0 Å². The topological polar surface area (TPSA) is 72.2 Å². The molecule has 0 radical (unpaired) electrons. The zero-order valence-electron chi connectivity index (χ0n) is 14.8. The molecule has 136 valence electrons. The SMILES string of the molecule is Cc1ccc(C(NC(=O)C(C)Sc2ccc([N+](=O)[O-])cc2)C2CC2)cc1. The number of hydrogen-bond donors (Lipinski definition) is 1. The maximum atomic E-state index is 12.7. The van der Waals surface area contributed by atoms with Gasteiger partial charge in [0.15, 0.2) is 0 Å². The number of thioether (sulfide) groups is 1. The number of aryl methyl sites for hydroxylation is 1. The summed E-state index contributed by atoms with van der Waals surface area (Å²) >= 11 is 1.41. The maximum absolute atomic E-state index is 12.7. The van der Waals surface area contributed by atoms with E-state index in [1.165, 1.54) is 29.5 Å². The Kier molecular flexibility index (Phi) is 5.61. The number of nitrogens with zero attached hydrogens (tertiary/aromatic N) is 1. The van der Waals surface area contributed by atoms with Crippen molar-refractivity contribution in [2.75, 3.05) is 0 Å². The molecule has 1 aliphatic carbocycles. The largest absolute Gasteiger partial charge is 0.348 e. The molecule has 2 aromatic carbocycles. The first-order valence-electron chi connectivity index (χ1n) is 8.72. The molecule has 1 fully saturated rings. The lowest BCUT2D eigenvalue weighted by atomic mass is 10.0. The molecule has 26 heavy (non-hydrogen) atoms. The third-order valence-electron chi connectivity index (χ3n) is 4.56. The molecular weight excluding hydrogens is 348 g/mol. The number of carbonyl (C=O) groups excluding carboxylic acids is 1. The van der Waals surface area contributed by atoms with Gasteiger partial charge in [0.2, 0.25) is 5.91 Å². The van der Waals surface area contributed by atoms with Crippen LogP contribution in [0, 0.1) is 23.0 Å². The molecule has 1 aliphatic rings. The first-order chi connectivity index (χ1) is 12.4. The number of non-ortho nitro benzene ring substituents is 1. The summed E-state index contributed by atoms with van der Waals surface area (Å²) in [7, 11) is 0. The summed E-state index contributed by atoms with van der Waals surface area (Å²) in [5.74, 6) is 0.504. The van der Waals surface area contributed by atoms with Crippen molar-refractivity contribution >= 4 is 23.4 Å². The summed E-state index contributed by atoms with van der Waals surface area (Å²) in [5, 5.41) is 13.6. The quantitative estimate of drug-likeness (QED) is 0.437. The molecule has 3 rings (SSSR count). The Labute approximate surface area is 157 Å². The third kappa shape index (κ3) is 4.64. The zero-order chi connectivity index (χ0) is 18.7. The molecule has 5 nitrogen and oxygen atoms in total. The number of amides is 1. The fourth-order valence-corrected chi connectivity index (χ4v) is 3.73. The average molecular weight is 370 g/mol. The third-order valence-corrected chi connectivity index (χ3v) is 5.67. The van der Waals surface area contributed by atoms with E-state index in [-0.39, 0.29) is 22.9 Å². The van der Waals surface area contributed by atoms with Crippen LogP contribution in [0.25, 0.3) is 0 Å². The van der Waals surface area contributed by atoms with Gasteiger partial charge in [-0.1, -0.05) is 29.8 Å². The Morgan fingerprint density at radius 2 is 1.77 bits per heavy atom. The summed E-state index contributed by atoms with van der Waals surface area (Å²) in [4.78, 5) is 23.8. The van der Waals surface area contributed by atoms with Gasteiger partial charge in [0.25, 0.3) is 5.69 Å². The zero-order valence-corrected chi connectivity index (χ0v) is 15.7. The van der Waals surface area contributed by atoms with Crippen LogP contribution >= 0.6 is 11.8 Å². The number of carbonyl (C=O) groups is 1. The van der Waals surface area contributed by atoms with Gasteiger partial charge >= 0.3 is 0 Å². The van der Waals surface area contributed by atoms with Crippen molar-refractivity contribution < 1.29 is 9.72 Å². The predicted molar refractivity (Wildman–Crippen MR) is 103 cm³/mol. The number of benzene rings is 2. The molecule has 0 saturated heterocycles. The van der Waals surface area contributed by atoms with Crippen molar-refractivity contribution in [2.45, 2.75) is 42.9 Å². The van der Waals surface area contributed by atoms with E-state index in [1.807, 2.05) is 6.92 Å². The molecule has 2 atom stereocenters. The molecule has 1 saturated carbocycles. The van der Waals surface area contributed by atoms with Gasteiger partial charge in [-0.3, -0.25) is 14.9 Å². The predicted octanol–water partition coefficient (Wildman–Crippen LogP) is 4.65. The molecule has 0 heterocycles. The fraction of sp³-hybridized carbons (Fsp3) is 0.350.